The Morgan fingerprint density at radius 2 is 1.79 bits per heavy atom. The van der Waals surface area contributed by atoms with Gasteiger partial charge in [-0.05, 0) is 72.4 Å². The molecule has 3 aromatic carbocycles. The van der Waals surface area contributed by atoms with Crippen LogP contribution in [0.4, 0.5) is 0 Å². The van der Waals surface area contributed by atoms with Crippen LogP contribution in [0.25, 0.3) is 0 Å². The molecule has 0 spiro atoms. The molecule has 34 heavy (non-hydrogen) atoms. The zero-order chi connectivity index (χ0) is 23.7. The summed E-state index contributed by atoms with van der Waals surface area (Å²) in [5, 5.41) is 6.62. The average molecular weight is 454 g/mol. The normalized spacial score (nSPS) is 17.9. The monoisotopic (exact) mass is 453 g/mol. The molecule has 0 saturated carbocycles. The zero-order valence-electron chi connectivity index (χ0n) is 20.1. The summed E-state index contributed by atoms with van der Waals surface area (Å²) in [6, 6.07) is 22.8. The van der Waals surface area contributed by atoms with Crippen molar-refractivity contribution in [2.45, 2.75) is 39.3 Å². The first-order valence-corrected chi connectivity index (χ1v) is 11.9. The van der Waals surface area contributed by atoms with Crippen LogP contribution in [0.15, 0.2) is 71.8 Å². The van der Waals surface area contributed by atoms with Crippen LogP contribution in [0.2, 0.25) is 0 Å². The third-order valence-corrected chi connectivity index (χ3v) is 6.95. The van der Waals surface area contributed by atoms with Crippen LogP contribution in [0, 0.1) is 13.8 Å². The second kappa shape index (κ2) is 9.43. The van der Waals surface area contributed by atoms with Crippen molar-refractivity contribution in [3.63, 3.8) is 0 Å². The van der Waals surface area contributed by atoms with Crippen LogP contribution in [0.5, 0.6) is 5.75 Å². The highest BCUT2D eigenvalue weighted by Crippen LogP contribution is 2.35. The lowest BCUT2D eigenvalue weighted by Gasteiger charge is -2.30. The highest BCUT2D eigenvalue weighted by atomic mass is 16.5. The summed E-state index contributed by atoms with van der Waals surface area (Å²) < 4.78 is 5.31. The maximum atomic E-state index is 13.6. The smallest absolute Gasteiger partial charge is 0.257 e. The van der Waals surface area contributed by atoms with Gasteiger partial charge in [0.25, 0.3) is 5.91 Å². The van der Waals surface area contributed by atoms with E-state index in [0.717, 1.165) is 36.5 Å². The molecule has 0 N–H and O–H groups in total. The van der Waals surface area contributed by atoms with Gasteiger partial charge >= 0.3 is 0 Å². The molecule has 1 amide bonds. The Hall–Kier alpha value is -3.44. The summed E-state index contributed by atoms with van der Waals surface area (Å²) in [7, 11) is 1.66. The fraction of sp³-hybridized carbons (Fsp3) is 0.310. The fourth-order valence-electron chi connectivity index (χ4n) is 5.01. The van der Waals surface area contributed by atoms with E-state index in [9.17, 15) is 4.79 Å². The number of hydrogen-bond acceptors (Lipinski definition) is 4. The van der Waals surface area contributed by atoms with Crippen molar-refractivity contribution < 1.29 is 9.53 Å². The summed E-state index contributed by atoms with van der Waals surface area (Å²) in [5.41, 5.74) is 8.22. The van der Waals surface area contributed by atoms with Gasteiger partial charge in [-0.25, -0.2) is 5.01 Å². The van der Waals surface area contributed by atoms with E-state index in [1.54, 1.807) is 12.1 Å². The average Bonchev–Trinajstić information content (AvgIpc) is 3.31. The SMILES string of the molecule is COc1ccc(C2=NN(C(=O)CN3CCc4ccccc4C3)C(c3cc(C)ccc3C)C2)cc1. The van der Waals surface area contributed by atoms with Gasteiger partial charge in [-0.1, -0.05) is 48.0 Å². The lowest BCUT2D eigenvalue weighted by molar-refractivity contribution is -0.134. The number of carbonyl (C=O) groups excluding carboxylic acids is 1. The number of methoxy groups -OCH3 is 1. The second-order valence-electron chi connectivity index (χ2n) is 9.32. The van der Waals surface area contributed by atoms with Gasteiger partial charge in [-0.2, -0.15) is 5.10 Å². The molecular formula is C29H31N3O2. The van der Waals surface area contributed by atoms with E-state index in [0.29, 0.717) is 13.0 Å². The topological polar surface area (TPSA) is 45.1 Å². The van der Waals surface area contributed by atoms with Gasteiger partial charge in [0.1, 0.15) is 5.75 Å². The largest absolute Gasteiger partial charge is 0.497 e. The number of hydrogen-bond donors (Lipinski definition) is 0. The number of amides is 1. The molecule has 2 heterocycles. The molecule has 2 aliphatic rings. The van der Waals surface area contributed by atoms with E-state index in [-0.39, 0.29) is 11.9 Å². The minimum Gasteiger partial charge on any atom is -0.497 e. The van der Waals surface area contributed by atoms with Gasteiger partial charge in [0.05, 0.1) is 25.4 Å². The van der Waals surface area contributed by atoms with Crippen molar-refractivity contribution in [1.82, 2.24) is 9.91 Å². The van der Waals surface area contributed by atoms with E-state index >= 15 is 0 Å². The molecule has 5 heteroatoms. The molecule has 0 bridgehead atoms. The summed E-state index contributed by atoms with van der Waals surface area (Å²) in [6.45, 7) is 6.28. The van der Waals surface area contributed by atoms with Gasteiger partial charge in [0.15, 0.2) is 0 Å². The molecule has 0 aromatic heterocycles. The molecule has 5 rings (SSSR count). The molecule has 0 fully saturated rings. The minimum absolute atomic E-state index is 0.0498. The molecule has 174 valence electrons. The Morgan fingerprint density at radius 3 is 2.56 bits per heavy atom. The number of fused-ring (bicyclic) bond motifs is 1. The van der Waals surface area contributed by atoms with Crippen LogP contribution in [-0.4, -0.2) is 41.7 Å². The maximum absolute atomic E-state index is 13.6. The Balaban J connectivity index is 1.42. The third kappa shape index (κ3) is 4.48. The van der Waals surface area contributed by atoms with Crippen molar-refractivity contribution in [2.24, 2.45) is 5.10 Å². The number of aryl methyl sites for hydroxylation is 2. The van der Waals surface area contributed by atoms with Gasteiger partial charge < -0.3 is 4.74 Å². The number of nitrogens with zero attached hydrogens (tertiary/aromatic N) is 3. The van der Waals surface area contributed by atoms with E-state index in [1.807, 2.05) is 24.3 Å². The number of ether oxygens (including phenoxy) is 1. The standard InChI is InChI=1S/C29H31N3O2/c1-20-8-9-21(2)26(16-20)28-17-27(23-10-12-25(34-3)13-11-23)30-32(28)29(33)19-31-15-14-22-6-4-5-7-24(22)18-31/h4-13,16,28H,14-15,17-19H2,1-3H3. The molecule has 2 aliphatic heterocycles. The quantitative estimate of drug-likeness (QED) is 0.543. The predicted molar refractivity (Wildman–Crippen MR) is 135 cm³/mol. The first-order chi connectivity index (χ1) is 16.5. The first-order valence-electron chi connectivity index (χ1n) is 11.9. The molecular weight excluding hydrogens is 422 g/mol. The number of carbonyl (C=O) groups is 1. The van der Waals surface area contributed by atoms with E-state index < -0.39 is 0 Å². The molecule has 3 aromatic rings. The third-order valence-electron chi connectivity index (χ3n) is 6.95. The van der Waals surface area contributed by atoms with Gasteiger partial charge in [0, 0.05) is 19.5 Å². The van der Waals surface area contributed by atoms with Gasteiger partial charge in [-0.3, -0.25) is 9.69 Å². The van der Waals surface area contributed by atoms with Crippen molar-refractivity contribution in [1.29, 1.82) is 0 Å². The van der Waals surface area contributed by atoms with E-state index in [2.05, 4.69) is 61.2 Å². The molecule has 0 saturated heterocycles. The van der Waals surface area contributed by atoms with Crippen molar-refractivity contribution in [2.75, 3.05) is 20.2 Å². The van der Waals surface area contributed by atoms with Crippen molar-refractivity contribution in [3.05, 3.63) is 100 Å². The summed E-state index contributed by atoms with van der Waals surface area (Å²) in [5.74, 6) is 0.862. The number of hydrazone groups is 1. The van der Waals surface area contributed by atoms with Crippen LogP contribution in [0.1, 0.15) is 45.8 Å². The molecule has 5 nitrogen and oxygen atoms in total. The van der Waals surface area contributed by atoms with E-state index in [4.69, 9.17) is 9.84 Å². The van der Waals surface area contributed by atoms with Gasteiger partial charge in [-0.15, -0.1) is 0 Å². The van der Waals surface area contributed by atoms with Crippen molar-refractivity contribution >= 4 is 11.6 Å². The van der Waals surface area contributed by atoms with Crippen LogP contribution < -0.4 is 4.74 Å². The minimum atomic E-state index is -0.0958. The molecule has 0 aliphatic carbocycles. The fourth-order valence-corrected chi connectivity index (χ4v) is 5.01. The summed E-state index contributed by atoms with van der Waals surface area (Å²) in [4.78, 5) is 15.9. The van der Waals surface area contributed by atoms with Crippen LogP contribution in [-0.2, 0) is 17.8 Å². The Morgan fingerprint density at radius 1 is 1.03 bits per heavy atom. The zero-order valence-corrected chi connectivity index (χ0v) is 20.1. The molecule has 0 radical (unpaired) electrons. The molecule has 1 atom stereocenters. The van der Waals surface area contributed by atoms with E-state index in [1.165, 1.54) is 27.8 Å². The number of benzene rings is 3. The van der Waals surface area contributed by atoms with Gasteiger partial charge in [0.2, 0.25) is 0 Å². The Labute approximate surface area is 201 Å². The maximum Gasteiger partial charge on any atom is 0.257 e. The Kier molecular flexibility index (Phi) is 6.20. The predicted octanol–water partition coefficient (Wildman–Crippen LogP) is 5.05. The van der Waals surface area contributed by atoms with Crippen molar-refractivity contribution in [3.8, 4) is 5.75 Å². The number of rotatable bonds is 5. The van der Waals surface area contributed by atoms with Crippen LogP contribution in [0.3, 0.4) is 0 Å². The molecule has 1 unspecified atom stereocenters. The second-order valence-corrected chi connectivity index (χ2v) is 9.32. The highest BCUT2D eigenvalue weighted by molar-refractivity contribution is 6.03. The lowest BCUT2D eigenvalue weighted by atomic mass is 9.94. The highest BCUT2D eigenvalue weighted by Gasteiger charge is 2.35. The summed E-state index contributed by atoms with van der Waals surface area (Å²) in [6.07, 6.45) is 1.68. The van der Waals surface area contributed by atoms with Crippen LogP contribution >= 0.6 is 0 Å². The first kappa shape index (κ1) is 22.4. The Bertz CT molecular complexity index is 1230. The summed E-state index contributed by atoms with van der Waals surface area (Å²) >= 11 is 0. The lowest BCUT2D eigenvalue weighted by Crippen LogP contribution is -2.40.